The van der Waals surface area contributed by atoms with E-state index in [0.29, 0.717) is 22.6 Å². The molecule has 5 nitrogen and oxygen atoms in total. The van der Waals surface area contributed by atoms with Crippen LogP contribution in [0, 0.1) is 0 Å². The molecule has 0 unspecified atom stereocenters. The fourth-order valence-electron chi connectivity index (χ4n) is 3.04. The highest BCUT2D eigenvalue weighted by atomic mass is 32.2. The second kappa shape index (κ2) is 9.06. The first-order valence-electron chi connectivity index (χ1n) is 9.61. The van der Waals surface area contributed by atoms with E-state index >= 15 is 0 Å². The van der Waals surface area contributed by atoms with Crippen molar-refractivity contribution in [3.63, 3.8) is 0 Å². The van der Waals surface area contributed by atoms with Gasteiger partial charge in [0.15, 0.2) is 5.16 Å². The lowest BCUT2D eigenvalue weighted by atomic mass is 10.1. The molecule has 0 aliphatic rings. The molecule has 3 rings (SSSR count). The molecule has 1 atom stereocenters. The zero-order valence-corrected chi connectivity index (χ0v) is 17.3. The number of carbonyl (C=O) groups is 1. The van der Waals surface area contributed by atoms with Crippen LogP contribution in [0.1, 0.15) is 32.8 Å². The monoisotopic (exact) mass is 395 g/mol. The number of nitrogens with zero attached hydrogens (tertiary/aromatic N) is 2. The van der Waals surface area contributed by atoms with E-state index in [1.807, 2.05) is 56.3 Å². The van der Waals surface area contributed by atoms with E-state index in [4.69, 9.17) is 4.98 Å². The first kappa shape index (κ1) is 20.1. The molecule has 0 aliphatic heterocycles. The van der Waals surface area contributed by atoms with Crippen LogP contribution >= 0.6 is 11.8 Å². The van der Waals surface area contributed by atoms with Crippen molar-refractivity contribution in [2.75, 3.05) is 6.54 Å². The highest BCUT2D eigenvalue weighted by molar-refractivity contribution is 8.00. The van der Waals surface area contributed by atoms with Crippen molar-refractivity contribution in [3.05, 3.63) is 64.4 Å². The molecule has 0 spiro atoms. The van der Waals surface area contributed by atoms with E-state index in [0.717, 1.165) is 24.1 Å². The topological polar surface area (TPSA) is 64.0 Å². The minimum Gasteiger partial charge on any atom is -0.355 e. The van der Waals surface area contributed by atoms with Crippen LogP contribution in [0.3, 0.4) is 0 Å². The maximum Gasteiger partial charge on any atom is 0.266 e. The van der Waals surface area contributed by atoms with Crippen molar-refractivity contribution in [1.29, 1.82) is 0 Å². The lowest BCUT2D eigenvalue weighted by Gasteiger charge is -2.18. The van der Waals surface area contributed by atoms with E-state index < -0.39 is 0 Å². The summed E-state index contributed by atoms with van der Waals surface area (Å²) in [6.45, 7) is 6.56. The number of amides is 1. The highest BCUT2D eigenvalue weighted by Crippen LogP contribution is 2.26. The zero-order chi connectivity index (χ0) is 20.1. The van der Waals surface area contributed by atoms with Crippen LogP contribution in [0.2, 0.25) is 0 Å². The Balaban J connectivity index is 2.15. The van der Waals surface area contributed by atoms with Crippen LogP contribution in [0.5, 0.6) is 0 Å². The normalized spacial score (nSPS) is 12.1. The third-order valence-corrected chi connectivity index (χ3v) is 5.61. The molecule has 1 aromatic heterocycles. The van der Waals surface area contributed by atoms with Gasteiger partial charge in [-0.15, -0.1) is 0 Å². The summed E-state index contributed by atoms with van der Waals surface area (Å²) < 4.78 is 1.65. The van der Waals surface area contributed by atoms with Crippen molar-refractivity contribution < 1.29 is 4.79 Å². The minimum atomic E-state index is -0.361. The number of aromatic nitrogens is 2. The van der Waals surface area contributed by atoms with E-state index in [1.54, 1.807) is 10.6 Å². The Labute approximate surface area is 169 Å². The molecule has 146 valence electrons. The average Bonchev–Trinajstić information content (AvgIpc) is 2.72. The number of hydrogen-bond donors (Lipinski definition) is 1. The molecule has 28 heavy (non-hydrogen) atoms. The van der Waals surface area contributed by atoms with E-state index in [-0.39, 0.29) is 16.7 Å². The summed E-state index contributed by atoms with van der Waals surface area (Å²) in [4.78, 5) is 30.5. The van der Waals surface area contributed by atoms with Crippen molar-refractivity contribution in [2.24, 2.45) is 0 Å². The van der Waals surface area contributed by atoms with Gasteiger partial charge in [-0.05, 0) is 43.5 Å². The molecule has 1 N–H and O–H groups in total. The first-order valence-corrected chi connectivity index (χ1v) is 10.5. The third kappa shape index (κ3) is 4.12. The second-order valence-electron chi connectivity index (χ2n) is 6.59. The summed E-state index contributed by atoms with van der Waals surface area (Å²) in [5, 5.41) is 3.65. The quantitative estimate of drug-likeness (QED) is 0.486. The van der Waals surface area contributed by atoms with Crippen LogP contribution in [-0.4, -0.2) is 27.3 Å². The fraction of sp³-hybridized carbons (Fsp3) is 0.318. The Morgan fingerprint density at radius 1 is 1.14 bits per heavy atom. The van der Waals surface area contributed by atoms with Gasteiger partial charge in [0.2, 0.25) is 5.91 Å². The van der Waals surface area contributed by atoms with E-state index in [9.17, 15) is 9.59 Å². The molecule has 0 radical (unpaired) electrons. The number of carbonyl (C=O) groups excluding carboxylic acids is 1. The standard InChI is InChI=1S/C22H25N3O2S/c1-4-14-23-20(26)15(3)28-22-24-18-12-8-7-11-17(18)21(27)25(22)19-13-9-6-10-16(19)5-2/h6-13,15H,4-5,14H2,1-3H3,(H,23,26)/t15-/m1/s1. The Kier molecular flexibility index (Phi) is 6.52. The van der Waals surface area contributed by atoms with E-state index in [2.05, 4.69) is 12.2 Å². The Hall–Kier alpha value is -2.60. The molecule has 0 saturated heterocycles. The lowest BCUT2D eigenvalue weighted by Crippen LogP contribution is -2.32. The number of hydrogen-bond acceptors (Lipinski definition) is 4. The van der Waals surface area contributed by atoms with Gasteiger partial charge in [-0.3, -0.25) is 14.2 Å². The van der Waals surface area contributed by atoms with Gasteiger partial charge in [-0.25, -0.2) is 4.98 Å². The van der Waals surface area contributed by atoms with Crippen LogP contribution in [0.4, 0.5) is 0 Å². The summed E-state index contributed by atoms with van der Waals surface area (Å²) in [5.41, 5.74) is 2.40. The number of thioether (sulfide) groups is 1. The molecule has 1 heterocycles. The number of aryl methyl sites for hydroxylation is 1. The molecule has 6 heteroatoms. The SMILES string of the molecule is CCCNC(=O)[C@@H](C)Sc1nc2ccccc2c(=O)n1-c1ccccc1CC. The first-order chi connectivity index (χ1) is 13.6. The van der Waals surface area contributed by atoms with Crippen molar-refractivity contribution in [1.82, 2.24) is 14.9 Å². The van der Waals surface area contributed by atoms with Crippen molar-refractivity contribution >= 4 is 28.6 Å². The van der Waals surface area contributed by atoms with Gasteiger partial charge < -0.3 is 5.32 Å². The van der Waals surface area contributed by atoms with Gasteiger partial charge in [0.25, 0.3) is 5.56 Å². The Morgan fingerprint density at radius 3 is 2.61 bits per heavy atom. The predicted molar refractivity (Wildman–Crippen MR) is 115 cm³/mol. The molecule has 1 amide bonds. The summed E-state index contributed by atoms with van der Waals surface area (Å²) in [7, 11) is 0. The smallest absolute Gasteiger partial charge is 0.266 e. The maximum absolute atomic E-state index is 13.4. The molecule has 0 bridgehead atoms. The molecule has 0 saturated carbocycles. The zero-order valence-electron chi connectivity index (χ0n) is 16.4. The molecular weight excluding hydrogens is 370 g/mol. The third-order valence-electron chi connectivity index (χ3n) is 4.56. The number of rotatable bonds is 7. The van der Waals surface area contributed by atoms with Gasteiger partial charge in [0.1, 0.15) is 0 Å². The van der Waals surface area contributed by atoms with Crippen LogP contribution < -0.4 is 10.9 Å². The fourth-order valence-corrected chi connectivity index (χ4v) is 3.98. The molecule has 0 aliphatic carbocycles. The summed E-state index contributed by atoms with van der Waals surface area (Å²) >= 11 is 1.31. The van der Waals surface area contributed by atoms with Gasteiger partial charge >= 0.3 is 0 Å². The molecule has 0 fully saturated rings. The molecule has 3 aromatic rings. The average molecular weight is 396 g/mol. The van der Waals surface area contributed by atoms with Gasteiger partial charge in [0.05, 0.1) is 21.8 Å². The number of nitrogens with one attached hydrogen (secondary N) is 1. The van der Waals surface area contributed by atoms with Crippen molar-refractivity contribution in [2.45, 2.75) is 44.0 Å². The van der Waals surface area contributed by atoms with Crippen LogP contribution in [-0.2, 0) is 11.2 Å². The number of para-hydroxylation sites is 2. The predicted octanol–water partition coefficient (Wildman–Crippen LogP) is 3.95. The van der Waals surface area contributed by atoms with E-state index in [1.165, 1.54) is 11.8 Å². The maximum atomic E-state index is 13.4. The van der Waals surface area contributed by atoms with Crippen LogP contribution in [0.15, 0.2) is 58.5 Å². The number of benzene rings is 2. The second-order valence-corrected chi connectivity index (χ2v) is 7.89. The Bertz CT molecular complexity index is 1050. The van der Waals surface area contributed by atoms with Gasteiger partial charge in [-0.1, -0.05) is 55.9 Å². The number of fused-ring (bicyclic) bond motifs is 1. The summed E-state index contributed by atoms with van der Waals surface area (Å²) in [6, 6.07) is 15.2. The molecular formula is C22H25N3O2S. The highest BCUT2D eigenvalue weighted by Gasteiger charge is 2.20. The Morgan fingerprint density at radius 2 is 1.86 bits per heavy atom. The van der Waals surface area contributed by atoms with Crippen LogP contribution in [0.25, 0.3) is 16.6 Å². The largest absolute Gasteiger partial charge is 0.355 e. The summed E-state index contributed by atoms with van der Waals surface area (Å²) in [6.07, 6.45) is 1.68. The lowest BCUT2D eigenvalue weighted by molar-refractivity contribution is -0.120. The molecule has 2 aromatic carbocycles. The van der Waals surface area contributed by atoms with Gasteiger partial charge in [0, 0.05) is 6.54 Å². The van der Waals surface area contributed by atoms with Crippen molar-refractivity contribution in [3.8, 4) is 5.69 Å². The summed E-state index contributed by atoms with van der Waals surface area (Å²) in [5.74, 6) is -0.0513. The van der Waals surface area contributed by atoms with Gasteiger partial charge in [-0.2, -0.15) is 0 Å². The minimum absolute atomic E-state index is 0.0513.